The van der Waals surface area contributed by atoms with Crippen molar-refractivity contribution in [1.82, 2.24) is 5.32 Å². The van der Waals surface area contributed by atoms with Crippen LogP contribution in [-0.4, -0.2) is 100 Å². The first-order valence-corrected chi connectivity index (χ1v) is 40.1. The van der Waals surface area contributed by atoms with E-state index in [0.717, 1.165) is 51.4 Å². The molecule has 1 fully saturated rings. The number of allylic oxidation sites excluding steroid dienone is 3. The minimum Gasteiger partial charge on any atom is -0.466 e. The Labute approximate surface area is 562 Å². The van der Waals surface area contributed by atoms with Crippen molar-refractivity contribution in [3.05, 3.63) is 24.3 Å². The van der Waals surface area contributed by atoms with Gasteiger partial charge in [0.15, 0.2) is 6.29 Å². The van der Waals surface area contributed by atoms with Crippen molar-refractivity contribution in [2.24, 2.45) is 0 Å². The van der Waals surface area contributed by atoms with Crippen LogP contribution in [0.25, 0.3) is 0 Å². The van der Waals surface area contributed by atoms with Gasteiger partial charge < -0.3 is 45.1 Å². The monoisotopic (exact) mass is 1290 g/mol. The number of hydrogen-bond donors (Lipinski definition) is 6. The quantitative estimate of drug-likeness (QED) is 0.0195. The van der Waals surface area contributed by atoms with Crippen LogP contribution in [0, 0.1) is 0 Å². The number of aliphatic hydroxyl groups is 5. The minimum absolute atomic E-state index is 0.0191. The summed E-state index contributed by atoms with van der Waals surface area (Å²) in [5, 5.41) is 54.5. The molecule has 1 aliphatic rings. The van der Waals surface area contributed by atoms with E-state index in [4.69, 9.17) is 14.2 Å². The predicted molar refractivity (Wildman–Crippen MR) is 384 cm³/mol. The highest BCUT2D eigenvalue weighted by atomic mass is 16.7. The van der Waals surface area contributed by atoms with E-state index in [-0.39, 0.29) is 18.5 Å². The molecular formula is C80H153NO10. The Morgan fingerprint density at radius 2 is 0.703 bits per heavy atom. The van der Waals surface area contributed by atoms with Gasteiger partial charge in [-0.25, -0.2) is 0 Å². The summed E-state index contributed by atoms with van der Waals surface area (Å²) < 4.78 is 16.8. The molecular weight excluding hydrogens is 1130 g/mol. The Hall–Kier alpha value is -1.86. The first kappa shape index (κ1) is 87.2. The average molecular weight is 1290 g/mol. The Morgan fingerprint density at radius 1 is 0.396 bits per heavy atom. The van der Waals surface area contributed by atoms with Gasteiger partial charge in [-0.3, -0.25) is 9.59 Å². The summed E-state index contributed by atoms with van der Waals surface area (Å²) in [7, 11) is 0. The maximum atomic E-state index is 13.1. The highest BCUT2D eigenvalue weighted by Gasteiger charge is 2.44. The summed E-state index contributed by atoms with van der Waals surface area (Å²) in [6.07, 6.45) is 79.4. The first-order valence-electron chi connectivity index (χ1n) is 40.1. The highest BCUT2D eigenvalue weighted by Crippen LogP contribution is 2.24. The van der Waals surface area contributed by atoms with Crippen molar-refractivity contribution >= 4 is 11.9 Å². The molecule has 11 heteroatoms. The molecule has 6 N–H and O–H groups in total. The third-order valence-electron chi connectivity index (χ3n) is 19.3. The van der Waals surface area contributed by atoms with Gasteiger partial charge >= 0.3 is 5.97 Å². The molecule has 1 saturated heterocycles. The molecule has 0 aromatic rings. The zero-order valence-corrected chi connectivity index (χ0v) is 60.1. The Balaban J connectivity index is 1.87. The van der Waals surface area contributed by atoms with Crippen molar-refractivity contribution in [3.63, 3.8) is 0 Å². The molecule has 1 aliphatic heterocycles. The Kier molecular flexibility index (Phi) is 66.6. The fraction of sp³-hybridized carbons (Fsp3) is 0.925. The maximum Gasteiger partial charge on any atom is 0.305 e. The van der Waals surface area contributed by atoms with Crippen LogP contribution in [0.4, 0.5) is 0 Å². The smallest absolute Gasteiger partial charge is 0.305 e. The summed E-state index contributed by atoms with van der Waals surface area (Å²) in [5.74, 6) is -0.157. The third kappa shape index (κ3) is 58.1. The van der Waals surface area contributed by atoms with Gasteiger partial charge in [-0.15, -0.1) is 0 Å². The molecule has 0 bridgehead atoms. The number of ether oxygens (including phenoxy) is 3. The number of carbonyl (C=O) groups excluding carboxylic acids is 2. The van der Waals surface area contributed by atoms with E-state index in [1.807, 2.05) is 6.08 Å². The summed E-state index contributed by atoms with van der Waals surface area (Å²) in [6.45, 7) is 4.39. The maximum absolute atomic E-state index is 13.1. The second-order valence-corrected chi connectivity index (χ2v) is 28.1. The lowest BCUT2D eigenvalue weighted by molar-refractivity contribution is -0.302. The molecule has 11 nitrogen and oxygen atoms in total. The molecule has 0 radical (unpaired) electrons. The van der Waals surface area contributed by atoms with Crippen molar-refractivity contribution in [2.45, 2.75) is 455 Å². The third-order valence-corrected chi connectivity index (χ3v) is 19.3. The van der Waals surface area contributed by atoms with E-state index in [2.05, 4.69) is 31.3 Å². The number of amides is 1. The van der Waals surface area contributed by atoms with Gasteiger partial charge in [0.2, 0.25) is 5.91 Å². The van der Waals surface area contributed by atoms with Gasteiger partial charge in [0.05, 0.1) is 32.0 Å². The molecule has 7 unspecified atom stereocenters. The van der Waals surface area contributed by atoms with Crippen LogP contribution in [0.1, 0.15) is 412 Å². The number of nitrogens with one attached hydrogen (secondary N) is 1. The SMILES string of the molecule is CCCCCCCCCCC/C=C/C(O)C(COC1OC(CO)C(O)C(O)C1O)NC(=O)CCCCCCCCCCCCCCCCCCC/C=C\CCCCCCCCCCCCCCCCCCCCOC(=O)CCCCCCCCCCCCCCC. The van der Waals surface area contributed by atoms with Gasteiger partial charge in [-0.1, -0.05) is 366 Å². The van der Waals surface area contributed by atoms with E-state index in [9.17, 15) is 35.1 Å². The van der Waals surface area contributed by atoms with Crippen LogP contribution < -0.4 is 5.32 Å². The van der Waals surface area contributed by atoms with Crippen molar-refractivity contribution < 1.29 is 49.3 Å². The van der Waals surface area contributed by atoms with Gasteiger partial charge in [-0.05, 0) is 57.8 Å². The van der Waals surface area contributed by atoms with E-state index < -0.39 is 49.5 Å². The summed E-state index contributed by atoms with van der Waals surface area (Å²) in [6, 6.07) is -0.806. The topological polar surface area (TPSA) is 175 Å². The molecule has 1 amide bonds. The molecule has 0 aromatic carbocycles. The standard InChI is InChI=1S/C80H153NO10/c1-3-5-7-9-11-13-15-43-48-52-56-60-64-68-76(85)89-69-65-61-57-53-49-45-42-40-38-36-34-32-30-28-26-24-22-20-18-16-17-19-21-23-25-27-29-31-33-35-37-39-41-44-47-51-55-59-63-67-75(84)81-72(71-90-80-79(88)78(87)77(86)74(70-82)91-80)73(83)66-62-58-54-50-46-14-12-10-8-6-4-2/h16-17,62,66,72-74,77-80,82-83,86-88H,3-15,18-61,63-65,67-71H2,1-2H3,(H,81,84)/b17-16-,66-62+. The number of esters is 1. The molecule has 1 heterocycles. The Bertz CT molecular complexity index is 1560. The highest BCUT2D eigenvalue weighted by molar-refractivity contribution is 5.76. The molecule has 538 valence electrons. The van der Waals surface area contributed by atoms with Crippen LogP contribution in [0.2, 0.25) is 0 Å². The van der Waals surface area contributed by atoms with E-state index in [1.54, 1.807) is 6.08 Å². The lowest BCUT2D eigenvalue weighted by Gasteiger charge is -2.40. The number of aliphatic hydroxyl groups excluding tert-OH is 5. The molecule has 0 aromatic heterocycles. The number of carbonyl (C=O) groups is 2. The predicted octanol–water partition coefficient (Wildman–Crippen LogP) is 21.5. The van der Waals surface area contributed by atoms with Gasteiger partial charge in [0, 0.05) is 12.8 Å². The van der Waals surface area contributed by atoms with Crippen molar-refractivity contribution in [2.75, 3.05) is 19.8 Å². The zero-order valence-electron chi connectivity index (χ0n) is 60.1. The second-order valence-electron chi connectivity index (χ2n) is 28.1. The molecule has 91 heavy (non-hydrogen) atoms. The lowest BCUT2D eigenvalue weighted by atomic mass is 9.99. The molecule has 1 rings (SSSR count). The second kappa shape index (κ2) is 69.5. The average Bonchev–Trinajstić information content (AvgIpc) is 1.12. The molecule has 0 saturated carbocycles. The number of unbranched alkanes of at least 4 members (excludes halogenated alkanes) is 56. The molecule has 0 aliphatic carbocycles. The zero-order chi connectivity index (χ0) is 65.8. The van der Waals surface area contributed by atoms with Gasteiger partial charge in [0.25, 0.3) is 0 Å². The van der Waals surface area contributed by atoms with E-state index >= 15 is 0 Å². The van der Waals surface area contributed by atoms with Gasteiger partial charge in [-0.2, -0.15) is 0 Å². The van der Waals surface area contributed by atoms with Crippen LogP contribution in [-0.2, 0) is 23.8 Å². The fourth-order valence-corrected chi connectivity index (χ4v) is 13.0. The first-order chi connectivity index (χ1) is 44.7. The van der Waals surface area contributed by atoms with E-state index in [0.29, 0.717) is 19.4 Å². The summed E-state index contributed by atoms with van der Waals surface area (Å²) >= 11 is 0. The molecule has 0 spiro atoms. The minimum atomic E-state index is -1.57. The number of rotatable bonds is 72. The fourth-order valence-electron chi connectivity index (χ4n) is 13.0. The summed E-state index contributed by atoms with van der Waals surface area (Å²) in [5.41, 5.74) is 0. The van der Waals surface area contributed by atoms with Gasteiger partial charge in [0.1, 0.15) is 24.4 Å². The van der Waals surface area contributed by atoms with Crippen molar-refractivity contribution in [3.8, 4) is 0 Å². The van der Waals surface area contributed by atoms with Crippen LogP contribution in [0.15, 0.2) is 24.3 Å². The van der Waals surface area contributed by atoms with Crippen molar-refractivity contribution in [1.29, 1.82) is 0 Å². The Morgan fingerprint density at radius 3 is 1.05 bits per heavy atom. The largest absolute Gasteiger partial charge is 0.466 e. The van der Waals surface area contributed by atoms with Crippen LogP contribution in [0.3, 0.4) is 0 Å². The number of hydrogen-bond acceptors (Lipinski definition) is 10. The van der Waals surface area contributed by atoms with Crippen LogP contribution in [0.5, 0.6) is 0 Å². The normalized spacial score (nSPS) is 17.6. The lowest BCUT2D eigenvalue weighted by Crippen LogP contribution is -2.60. The summed E-state index contributed by atoms with van der Waals surface area (Å²) in [4.78, 5) is 25.1. The molecule has 7 atom stereocenters. The van der Waals surface area contributed by atoms with Crippen LogP contribution >= 0.6 is 0 Å². The van der Waals surface area contributed by atoms with E-state index in [1.165, 1.54) is 334 Å².